The summed E-state index contributed by atoms with van der Waals surface area (Å²) < 4.78 is 18.6. The van der Waals surface area contributed by atoms with Crippen LogP contribution in [0.15, 0.2) is 18.2 Å². The zero-order valence-electron chi connectivity index (χ0n) is 12.5. The first-order chi connectivity index (χ1) is 9.12. The molecule has 0 aliphatic heterocycles. The molecule has 2 nitrogen and oxygen atoms in total. The van der Waals surface area contributed by atoms with Crippen molar-refractivity contribution in [1.29, 1.82) is 0 Å². The number of rotatable bonds is 8. The Hall–Kier alpha value is -1.09. The second-order valence-electron chi connectivity index (χ2n) is 5.10. The predicted molar refractivity (Wildman–Crippen MR) is 78.2 cm³/mol. The van der Waals surface area contributed by atoms with E-state index in [1.807, 2.05) is 6.07 Å². The molecular weight excluding hydrogens is 241 g/mol. The second-order valence-corrected chi connectivity index (χ2v) is 5.10. The number of halogens is 1. The highest BCUT2D eigenvalue weighted by Gasteiger charge is 2.16. The molecule has 0 spiro atoms. The maximum atomic E-state index is 13.7. The average molecular weight is 267 g/mol. The lowest BCUT2D eigenvalue weighted by Gasteiger charge is -2.25. The Kier molecular flexibility index (Phi) is 6.85. The van der Waals surface area contributed by atoms with E-state index in [1.165, 1.54) is 20.0 Å². The average Bonchev–Trinajstić information content (AvgIpc) is 2.39. The molecule has 0 saturated carbocycles. The van der Waals surface area contributed by atoms with Gasteiger partial charge in [-0.3, -0.25) is 0 Å². The summed E-state index contributed by atoms with van der Waals surface area (Å²) >= 11 is 0. The van der Waals surface area contributed by atoms with Crippen molar-refractivity contribution in [2.75, 3.05) is 13.7 Å². The summed E-state index contributed by atoms with van der Waals surface area (Å²) in [5, 5.41) is 3.51. The minimum atomic E-state index is -0.279. The first-order valence-electron chi connectivity index (χ1n) is 7.18. The standard InChI is InChI=1S/C16H26FNO/c1-5-7-12(3)15(18-6-2)11-13-8-9-16(19-4)14(17)10-13/h8-10,12,15,18H,5-7,11H2,1-4H3. The molecular formula is C16H26FNO. The SMILES string of the molecule is CCCC(C)C(Cc1ccc(OC)c(F)c1)NCC. The maximum absolute atomic E-state index is 13.7. The molecule has 108 valence electrons. The molecule has 2 atom stereocenters. The van der Waals surface area contributed by atoms with Crippen LogP contribution in [0.25, 0.3) is 0 Å². The van der Waals surface area contributed by atoms with Gasteiger partial charge in [-0.2, -0.15) is 0 Å². The van der Waals surface area contributed by atoms with E-state index in [4.69, 9.17) is 4.74 Å². The summed E-state index contributed by atoms with van der Waals surface area (Å²) in [7, 11) is 1.49. The van der Waals surface area contributed by atoms with E-state index >= 15 is 0 Å². The second kappa shape index (κ2) is 8.16. The van der Waals surface area contributed by atoms with Crippen molar-refractivity contribution < 1.29 is 9.13 Å². The Morgan fingerprint density at radius 1 is 1.32 bits per heavy atom. The van der Waals surface area contributed by atoms with Gasteiger partial charge >= 0.3 is 0 Å². The van der Waals surface area contributed by atoms with Gasteiger partial charge in [-0.1, -0.05) is 33.3 Å². The van der Waals surface area contributed by atoms with Crippen LogP contribution in [-0.4, -0.2) is 19.7 Å². The highest BCUT2D eigenvalue weighted by molar-refractivity contribution is 5.29. The molecule has 0 aliphatic rings. The van der Waals surface area contributed by atoms with Gasteiger partial charge < -0.3 is 10.1 Å². The van der Waals surface area contributed by atoms with Gasteiger partial charge in [0.1, 0.15) is 0 Å². The highest BCUT2D eigenvalue weighted by atomic mass is 19.1. The molecule has 0 aliphatic carbocycles. The van der Waals surface area contributed by atoms with Crippen LogP contribution >= 0.6 is 0 Å². The smallest absolute Gasteiger partial charge is 0.165 e. The number of nitrogens with one attached hydrogen (secondary N) is 1. The molecule has 0 amide bonds. The van der Waals surface area contributed by atoms with Crippen LogP contribution in [0.3, 0.4) is 0 Å². The molecule has 19 heavy (non-hydrogen) atoms. The van der Waals surface area contributed by atoms with Gasteiger partial charge in [0.25, 0.3) is 0 Å². The lowest BCUT2D eigenvalue weighted by molar-refractivity contribution is 0.356. The number of hydrogen-bond donors (Lipinski definition) is 1. The number of ether oxygens (including phenoxy) is 1. The first-order valence-corrected chi connectivity index (χ1v) is 7.18. The molecule has 0 saturated heterocycles. The van der Waals surface area contributed by atoms with E-state index in [1.54, 1.807) is 12.1 Å². The van der Waals surface area contributed by atoms with Crippen molar-refractivity contribution in [2.24, 2.45) is 5.92 Å². The Labute approximate surface area is 116 Å². The maximum Gasteiger partial charge on any atom is 0.165 e. The van der Waals surface area contributed by atoms with Gasteiger partial charge in [0.2, 0.25) is 0 Å². The minimum Gasteiger partial charge on any atom is -0.494 e. The molecule has 0 heterocycles. The Morgan fingerprint density at radius 2 is 2.05 bits per heavy atom. The minimum absolute atomic E-state index is 0.279. The monoisotopic (exact) mass is 267 g/mol. The molecule has 1 rings (SSSR count). The first kappa shape index (κ1) is 16.0. The van der Waals surface area contributed by atoms with E-state index in [-0.39, 0.29) is 5.82 Å². The van der Waals surface area contributed by atoms with Gasteiger partial charge in [0.15, 0.2) is 11.6 Å². The molecule has 3 heteroatoms. The van der Waals surface area contributed by atoms with Gasteiger partial charge in [-0.15, -0.1) is 0 Å². The van der Waals surface area contributed by atoms with Crippen molar-refractivity contribution in [3.05, 3.63) is 29.6 Å². The molecule has 0 radical (unpaired) electrons. The van der Waals surface area contributed by atoms with Gasteiger partial charge in [-0.25, -0.2) is 4.39 Å². The number of methoxy groups -OCH3 is 1. The van der Waals surface area contributed by atoms with Crippen LogP contribution < -0.4 is 10.1 Å². The fourth-order valence-corrected chi connectivity index (χ4v) is 2.48. The van der Waals surface area contributed by atoms with Crippen LogP contribution in [0.4, 0.5) is 4.39 Å². The molecule has 0 bridgehead atoms. The molecule has 0 aromatic heterocycles. The van der Waals surface area contributed by atoms with Crippen LogP contribution in [0.1, 0.15) is 39.2 Å². The number of benzene rings is 1. The van der Waals surface area contributed by atoms with Crippen molar-refractivity contribution in [1.82, 2.24) is 5.32 Å². The zero-order chi connectivity index (χ0) is 14.3. The molecule has 1 N–H and O–H groups in total. The Morgan fingerprint density at radius 3 is 2.58 bits per heavy atom. The van der Waals surface area contributed by atoms with Crippen LogP contribution in [-0.2, 0) is 6.42 Å². The molecule has 1 aromatic carbocycles. The molecule has 2 unspecified atom stereocenters. The Bertz CT molecular complexity index is 381. The third-order valence-electron chi connectivity index (χ3n) is 3.57. The topological polar surface area (TPSA) is 21.3 Å². The van der Waals surface area contributed by atoms with Gasteiger partial charge in [-0.05, 0) is 43.0 Å². The summed E-state index contributed by atoms with van der Waals surface area (Å²) in [6.45, 7) is 7.51. The van der Waals surface area contributed by atoms with E-state index < -0.39 is 0 Å². The highest BCUT2D eigenvalue weighted by Crippen LogP contribution is 2.21. The largest absolute Gasteiger partial charge is 0.494 e. The van der Waals surface area contributed by atoms with Gasteiger partial charge in [0, 0.05) is 6.04 Å². The summed E-state index contributed by atoms with van der Waals surface area (Å²) in [5.41, 5.74) is 1.02. The van der Waals surface area contributed by atoms with Gasteiger partial charge in [0.05, 0.1) is 7.11 Å². The fourth-order valence-electron chi connectivity index (χ4n) is 2.48. The quantitative estimate of drug-likeness (QED) is 0.773. The fraction of sp³-hybridized carbons (Fsp3) is 0.625. The van der Waals surface area contributed by atoms with Crippen molar-refractivity contribution in [3.8, 4) is 5.75 Å². The lowest BCUT2D eigenvalue weighted by atomic mass is 9.91. The summed E-state index contributed by atoms with van der Waals surface area (Å²) in [6.07, 6.45) is 3.23. The number of likely N-dealkylation sites (N-methyl/N-ethyl adjacent to an activating group) is 1. The summed E-state index contributed by atoms with van der Waals surface area (Å²) in [6, 6.07) is 5.64. The predicted octanol–water partition coefficient (Wildman–Crippen LogP) is 3.79. The van der Waals surface area contributed by atoms with Crippen LogP contribution in [0.2, 0.25) is 0 Å². The normalized spacial score (nSPS) is 14.2. The molecule has 0 fully saturated rings. The number of hydrogen-bond acceptors (Lipinski definition) is 2. The third-order valence-corrected chi connectivity index (χ3v) is 3.57. The third kappa shape index (κ3) is 4.83. The summed E-state index contributed by atoms with van der Waals surface area (Å²) in [4.78, 5) is 0. The van der Waals surface area contributed by atoms with E-state index in [2.05, 4.69) is 26.1 Å². The Balaban J connectivity index is 2.75. The van der Waals surface area contributed by atoms with Crippen molar-refractivity contribution >= 4 is 0 Å². The molecule has 1 aromatic rings. The zero-order valence-corrected chi connectivity index (χ0v) is 12.5. The van der Waals surface area contributed by atoms with Crippen molar-refractivity contribution in [3.63, 3.8) is 0 Å². The van der Waals surface area contributed by atoms with E-state index in [0.29, 0.717) is 17.7 Å². The van der Waals surface area contributed by atoms with Crippen molar-refractivity contribution in [2.45, 2.75) is 46.1 Å². The summed E-state index contributed by atoms with van der Waals surface area (Å²) in [5.74, 6) is 0.624. The van der Waals surface area contributed by atoms with E-state index in [9.17, 15) is 4.39 Å². The van der Waals surface area contributed by atoms with Crippen LogP contribution in [0, 0.1) is 11.7 Å². The lowest BCUT2D eigenvalue weighted by Crippen LogP contribution is -2.36. The van der Waals surface area contributed by atoms with Crippen LogP contribution in [0.5, 0.6) is 5.75 Å². The van der Waals surface area contributed by atoms with E-state index in [0.717, 1.165) is 18.5 Å².